The van der Waals surface area contributed by atoms with Crippen LogP contribution in [0.1, 0.15) is 70.3 Å². The van der Waals surface area contributed by atoms with Gasteiger partial charge in [0.2, 0.25) is 5.91 Å². The molecular weight excluding hydrogens is 590 g/mol. The summed E-state index contributed by atoms with van der Waals surface area (Å²) in [6.07, 6.45) is 7.83. The highest BCUT2D eigenvalue weighted by Gasteiger charge is 2.39. The minimum atomic E-state index is -1.21. The van der Waals surface area contributed by atoms with Gasteiger partial charge in [0.1, 0.15) is 18.8 Å². The van der Waals surface area contributed by atoms with Gasteiger partial charge < -0.3 is 29.9 Å². The van der Waals surface area contributed by atoms with E-state index < -0.39 is 47.2 Å². The van der Waals surface area contributed by atoms with Crippen molar-refractivity contribution in [2.24, 2.45) is 11.8 Å². The second-order valence-electron chi connectivity index (χ2n) is 11.0. The lowest BCUT2D eigenvalue weighted by atomic mass is 9.89. The first-order valence-corrected chi connectivity index (χ1v) is 15.4. The normalized spacial score (nSPS) is 21.0. The number of nitrogens with zero attached hydrogens (tertiary/aromatic N) is 2. The van der Waals surface area contributed by atoms with E-state index in [-0.39, 0.29) is 43.4 Å². The molecule has 14 nitrogen and oxygen atoms in total. The summed E-state index contributed by atoms with van der Waals surface area (Å²) < 4.78 is 5.72. The molecular formula is C31H45N3O11. The minimum Gasteiger partial charge on any atom is -0.458 e. The lowest BCUT2D eigenvalue weighted by molar-refractivity contribution is -0.790. The van der Waals surface area contributed by atoms with Gasteiger partial charge in [-0.1, -0.05) is 48.6 Å². The Morgan fingerprint density at radius 2 is 1.80 bits per heavy atom. The molecule has 0 spiro atoms. The molecule has 250 valence electrons. The van der Waals surface area contributed by atoms with Crippen molar-refractivity contribution in [1.29, 1.82) is 0 Å². The molecule has 0 heterocycles. The first-order chi connectivity index (χ1) is 21.6. The number of unbranched alkanes of at least 4 members (excludes halogenated alkanes) is 1. The van der Waals surface area contributed by atoms with E-state index in [4.69, 9.17) is 4.74 Å². The average molecular weight is 636 g/mol. The zero-order valence-electron chi connectivity index (χ0n) is 25.6. The third-order valence-corrected chi connectivity index (χ3v) is 7.54. The van der Waals surface area contributed by atoms with E-state index in [2.05, 4.69) is 15.0 Å². The highest BCUT2D eigenvalue weighted by atomic mass is 17.0. The Morgan fingerprint density at radius 1 is 1.04 bits per heavy atom. The molecule has 1 fully saturated rings. The van der Waals surface area contributed by atoms with Crippen molar-refractivity contribution in [1.82, 2.24) is 5.32 Å². The maximum Gasteiger partial charge on any atom is 0.306 e. The lowest BCUT2D eigenvalue weighted by Gasteiger charge is -2.21. The second-order valence-corrected chi connectivity index (χ2v) is 11.0. The Morgan fingerprint density at radius 3 is 2.49 bits per heavy atom. The van der Waals surface area contributed by atoms with Crippen molar-refractivity contribution >= 4 is 11.9 Å². The molecule has 14 heteroatoms. The maximum atomic E-state index is 12.7. The van der Waals surface area contributed by atoms with E-state index in [0.29, 0.717) is 38.6 Å². The average Bonchev–Trinajstić information content (AvgIpc) is 3.26. The van der Waals surface area contributed by atoms with E-state index in [1.54, 1.807) is 12.2 Å². The van der Waals surface area contributed by atoms with Gasteiger partial charge in [0.15, 0.2) is 0 Å². The number of aliphatic hydroxyl groups is 2. The topological polar surface area (TPSA) is 201 Å². The first-order valence-electron chi connectivity index (χ1n) is 15.4. The summed E-state index contributed by atoms with van der Waals surface area (Å²) in [4.78, 5) is 54.0. The van der Waals surface area contributed by atoms with Crippen LogP contribution in [0.15, 0.2) is 54.6 Å². The van der Waals surface area contributed by atoms with Gasteiger partial charge in [-0.25, -0.2) is 0 Å². The standard InChI is InChI=1S/C31H45N3O11/c1-2-32-30(37)15-9-4-3-8-14-26-27(29(36)21-28(26)35)20-19-24(18-17-23-11-6-5-7-12-23)44-31(38)16-10-13-25(45-34(41)42)22-43-33(39)40/h3,5-8,11-12,19-20,24-29,35-36H,2,4,9-10,13-18,21-22H2,1H3,(H,32,37)/t24-,25-,26+,27+,28-,29+/m0/s1. The molecule has 0 saturated heterocycles. The van der Waals surface area contributed by atoms with E-state index >= 15 is 0 Å². The van der Waals surface area contributed by atoms with Crippen LogP contribution in [0.2, 0.25) is 0 Å². The van der Waals surface area contributed by atoms with Gasteiger partial charge in [0.25, 0.3) is 10.2 Å². The Hall–Kier alpha value is -4.04. The molecule has 1 aromatic rings. The van der Waals surface area contributed by atoms with Crippen LogP contribution >= 0.6 is 0 Å². The van der Waals surface area contributed by atoms with E-state index in [1.165, 1.54) is 0 Å². The second kappa shape index (κ2) is 20.8. The van der Waals surface area contributed by atoms with Gasteiger partial charge in [-0.05, 0) is 69.4 Å². The number of ether oxygens (including phenoxy) is 1. The predicted molar refractivity (Wildman–Crippen MR) is 162 cm³/mol. The molecule has 3 N–H and O–H groups in total. The number of aliphatic hydroxyl groups excluding tert-OH is 2. The van der Waals surface area contributed by atoms with Gasteiger partial charge >= 0.3 is 5.97 Å². The summed E-state index contributed by atoms with van der Waals surface area (Å²) in [7, 11) is 0. The number of benzene rings is 1. The van der Waals surface area contributed by atoms with Gasteiger partial charge in [0, 0.05) is 31.7 Å². The van der Waals surface area contributed by atoms with E-state index in [1.807, 2.05) is 49.4 Å². The molecule has 0 aliphatic heterocycles. The number of nitrogens with one attached hydrogen (secondary N) is 1. The largest absolute Gasteiger partial charge is 0.458 e. The summed E-state index contributed by atoms with van der Waals surface area (Å²) in [5, 5.41) is 43.1. The third kappa shape index (κ3) is 15.5. The third-order valence-electron chi connectivity index (χ3n) is 7.54. The fourth-order valence-electron chi connectivity index (χ4n) is 5.28. The van der Waals surface area contributed by atoms with Crippen molar-refractivity contribution in [3.05, 3.63) is 80.4 Å². The number of esters is 1. The number of allylic oxidation sites excluding steroid dienone is 2. The number of rotatable bonds is 22. The smallest absolute Gasteiger partial charge is 0.306 e. The van der Waals surface area contributed by atoms with Crippen LogP contribution in [0, 0.1) is 32.1 Å². The fraction of sp³-hybridized carbons (Fsp3) is 0.613. The quantitative estimate of drug-likeness (QED) is 0.0552. The molecule has 2 rings (SSSR count). The molecule has 1 saturated carbocycles. The monoisotopic (exact) mass is 635 g/mol. The van der Waals surface area contributed by atoms with Crippen LogP contribution in [0.4, 0.5) is 0 Å². The van der Waals surface area contributed by atoms with E-state index in [9.17, 15) is 40.0 Å². The Bertz CT molecular complexity index is 1120. The number of carbonyl (C=O) groups is 2. The number of aryl methyl sites for hydroxylation is 1. The molecule has 1 aliphatic rings. The number of hydrogen-bond donors (Lipinski definition) is 3. The fourth-order valence-corrected chi connectivity index (χ4v) is 5.28. The SMILES string of the molecule is CCNC(=O)CCCC=CC[C@@H]1[C@@H](C=C[C@H](CCc2ccccc2)OC(=O)CCC[C@@H](CO[N+](=O)[O-])O[N+](=O)[O-])[C@H](O)C[C@@H]1O. The first kappa shape index (κ1) is 37.1. The predicted octanol–water partition coefficient (Wildman–Crippen LogP) is 3.65. The number of hydrogen-bond acceptors (Lipinski definition) is 11. The zero-order chi connectivity index (χ0) is 33.0. The van der Waals surface area contributed by atoms with Crippen molar-refractivity contribution in [2.45, 2.75) is 95.5 Å². The van der Waals surface area contributed by atoms with Crippen molar-refractivity contribution < 1.29 is 44.4 Å². The van der Waals surface area contributed by atoms with Gasteiger partial charge in [-0.15, -0.1) is 20.2 Å². The summed E-state index contributed by atoms with van der Waals surface area (Å²) >= 11 is 0. The molecule has 0 aromatic heterocycles. The highest BCUT2D eigenvalue weighted by Crippen LogP contribution is 2.36. The molecule has 6 atom stereocenters. The molecule has 0 bridgehead atoms. The zero-order valence-corrected chi connectivity index (χ0v) is 25.6. The van der Waals surface area contributed by atoms with Crippen LogP contribution in [-0.2, 0) is 30.4 Å². The van der Waals surface area contributed by atoms with Crippen LogP contribution < -0.4 is 5.32 Å². The van der Waals surface area contributed by atoms with Crippen molar-refractivity contribution in [3.8, 4) is 0 Å². The highest BCUT2D eigenvalue weighted by molar-refractivity contribution is 5.75. The van der Waals surface area contributed by atoms with Gasteiger partial charge in [-0.2, -0.15) is 0 Å². The lowest BCUT2D eigenvalue weighted by Crippen LogP contribution is -2.25. The van der Waals surface area contributed by atoms with Gasteiger partial charge in [-0.3, -0.25) is 9.59 Å². The van der Waals surface area contributed by atoms with Gasteiger partial charge in [0.05, 0.1) is 12.2 Å². The summed E-state index contributed by atoms with van der Waals surface area (Å²) in [5.74, 6) is -1.14. The molecule has 0 unspecified atom stereocenters. The molecule has 1 aromatic carbocycles. The Balaban J connectivity index is 2.00. The Labute approximate surface area is 262 Å². The van der Waals surface area contributed by atoms with Crippen molar-refractivity contribution in [2.75, 3.05) is 13.2 Å². The van der Waals surface area contributed by atoms with Crippen LogP contribution in [0.25, 0.3) is 0 Å². The Kier molecular flexibility index (Phi) is 17.2. The number of amides is 1. The summed E-state index contributed by atoms with van der Waals surface area (Å²) in [5.41, 5.74) is 1.05. The van der Waals surface area contributed by atoms with Crippen molar-refractivity contribution in [3.63, 3.8) is 0 Å². The molecule has 45 heavy (non-hydrogen) atoms. The molecule has 1 aliphatic carbocycles. The molecule has 0 radical (unpaired) electrons. The van der Waals surface area contributed by atoms with Crippen LogP contribution in [0.5, 0.6) is 0 Å². The summed E-state index contributed by atoms with van der Waals surface area (Å²) in [6.45, 7) is 1.83. The maximum absolute atomic E-state index is 12.7. The summed E-state index contributed by atoms with van der Waals surface area (Å²) in [6, 6.07) is 9.64. The molecule has 1 amide bonds. The number of carbonyl (C=O) groups excluding carboxylic acids is 2. The minimum absolute atomic E-state index is 0.0169. The van der Waals surface area contributed by atoms with Crippen LogP contribution in [0.3, 0.4) is 0 Å². The van der Waals surface area contributed by atoms with E-state index in [0.717, 1.165) is 12.0 Å². The van der Waals surface area contributed by atoms with Crippen LogP contribution in [-0.4, -0.2) is 69.8 Å².